The minimum atomic E-state index is -0.408. The zero-order valence-corrected chi connectivity index (χ0v) is 11.2. The van der Waals surface area contributed by atoms with Gasteiger partial charge in [0.15, 0.2) is 5.78 Å². The van der Waals surface area contributed by atoms with E-state index in [9.17, 15) is 9.18 Å². The fourth-order valence-electron chi connectivity index (χ4n) is 2.89. The summed E-state index contributed by atoms with van der Waals surface area (Å²) in [6.07, 6.45) is 2.64. The molecule has 1 aromatic rings. The summed E-state index contributed by atoms with van der Waals surface area (Å²) in [4.78, 5) is 16.3. The molecule has 1 aliphatic heterocycles. The van der Waals surface area contributed by atoms with Crippen LogP contribution in [0.5, 0.6) is 0 Å². The van der Waals surface area contributed by atoms with Crippen LogP contribution in [0.4, 0.5) is 10.1 Å². The lowest BCUT2D eigenvalue weighted by Crippen LogP contribution is -2.47. The van der Waals surface area contributed by atoms with Gasteiger partial charge in [-0.05, 0) is 31.9 Å². The summed E-state index contributed by atoms with van der Waals surface area (Å²) in [5.41, 5.74) is 0.991. The Morgan fingerprint density at radius 1 is 1.21 bits per heavy atom. The Labute approximate surface area is 113 Å². The second kappa shape index (κ2) is 4.93. The van der Waals surface area contributed by atoms with Crippen molar-refractivity contribution in [3.05, 3.63) is 29.6 Å². The van der Waals surface area contributed by atoms with Gasteiger partial charge in [0, 0.05) is 32.2 Å². The normalized spacial score (nSPS) is 20.6. The smallest absolute Gasteiger partial charge is 0.164 e. The van der Waals surface area contributed by atoms with Gasteiger partial charge in [0.05, 0.1) is 11.3 Å². The number of carbonyl (C=O) groups excluding carboxylic acids is 1. The van der Waals surface area contributed by atoms with Crippen LogP contribution in [0.3, 0.4) is 0 Å². The van der Waals surface area contributed by atoms with Crippen molar-refractivity contribution >= 4 is 11.5 Å². The Bertz CT molecular complexity index is 491. The fourth-order valence-corrected chi connectivity index (χ4v) is 2.89. The summed E-state index contributed by atoms with van der Waals surface area (Å²) in [5.74, 6) is -0.604. The van der Waals surface area contributed by atoms with Crippen LogP contribution in [-0.4, -0.2) is 42.9 Å². The third-order valence-corrected chi connectivity index (χ3v) is 4.06. The number of benzene rings is 1. The van der Waals surface area contributed by atoms with Gasteiger partial charge in [-0.1, -0.05) is 6.07 Å². The van der Waals surface area contributed by atoms with E-state index in [1.165, 1.54) is 25.8 Å². The molecule has 19 heavy (non-hydrogen) atoms. The number of Topliss-reactive ketones (excluding diaryl/α,β-unsaturated/α-hetero) is 1. The molecule has 0 unspecified atom stereocenters. The molecule has 0 bridgehead atoms. The third-order valence-electron chi connectivity index (χ3n) is 4.06. The molecule has 3 rings (SSSR count). The van der Waals surface area contributed by atoms with E-state index in [0.29, 0.717) is 0 Å². The Kier molecular flexibility index (Phi) is 3.27. The maximum Gasteiger partial charge on any atom is 0.164 e. The Morgan fingerprint density at radius 3 is 2.47 bits per heavy atom. The Balaban J connectivity index is 1.79. The lowest BCUT2D eigenvalue weighted by Gasteiger charge is -2.37. The summed E-state index contributed by atoms with van der Waals surface area (Å²) in [6.45, 7) is 5.21. The number of hydrogen-bond donors (Lipinski definition) is 0. The second-order valence-electron chi connectivity index (χ2n) is 5.44. The first-order valence-corrected chi connectivity index (χ1v) is 6.95. The lowest BCUT2D eigenvalue weighted by molar-refractivity contribution is 0.101. The van der Waals surface area contributed by atoms with Gasteiger partial charge in [0.1, 0.15) is 5.82 Å². The van der Waals surface area contributed by atoms with Gasteiger partial charge < -0.3 is 4.90 Å². The molecule has 2 fully saturated rings. The van der Waals surface area contributed by atoms with Crippen LogP contribution >= 0.6 is 0 Å². The highest BCUT2D eigenvalue weighted by Crippen LogP contribution is 2.30. The Hall–Kier alpha value is -1.42. The highest BCUT2D eigenvalue weighted by molar-refractivity contribution is 6.00. The van der Waals surface area contributed by atoms with Crippen molar-refractivity contribution in [2.75, 3.05) is 31.1 Å². The first-order valence-electron chi connectivity index (χ1n) is 6.95. The van der Waals surface area contributed by atoms with Crippen LogP contribution in [0.1, 0.15) is 30.1 Å². The largest absolute Gasteiger partial charge is 0.368 e. The van der Waals surface area contributed by atoms with Crippen LogP contribution in [0, 0.1) is 5.82 Å². The minimum Gasteiger partial charge on any atom is -0.368 e. The third kappa shape index (κ3) is 2.50. The number of carbonyl (C=O) groups is 1. The van der Waals surface area contributed by atoms with Crippen molar-refractivity contribution in [1.29, 1.82) is 0 Å². The number of rotatable bonds is 3. The minimum absolute atomic E-state index is 0.197. The van der Waals surface area contributed by atoms with E-state index in [4.69, 9.17) is 0 Å². The van der Waals surface area contributed by atoms with E-state index < -0.39 is 5.82 Å². The van der Waals surface area contributed by atoms with Gasteiger partial charge >= 0.3 is 0 Å². The standard InChI is InChI=1S/C15H19FN2O/c1-11(19)15-13(16)3-2-4-14(15)18-9-7-17(8-10-18)12-5-6-12/h2-4,12H,5-10H2,1H3. The number of halogens is 1. The Morgan fingerprint density at radius 2 is 1.89 bits per heavy atom. The summed E-state index contributed by atoms with van der Waals surface area (Å²) >= 11 is 0. The van der Waals surface area contributed by atoms with Gasteiger partial charge in [-0.15, -0.1) is 0 Å². The molecule has 1 saturated heterocycles. The zero-order chi connectivity index (χ0) is 13.4. The highest BCUT2D eigenvalue weighted by Gasteiger charge is 2.31. The zero-order valence-electron chi connectivity index (χ0n) is 11.2. The first-order chi connectivity index (χ1) is 9.16. The lowest BCUT2D eigenvalue weighted by atomic mass is 10.1. The van der Waals surface area contributed by atoms with E-state index in [-0.39, 0.29) is 11.3 Å². The molecule has 0 aromatic heterocycles. The molecule has 4 heteroatoms. The highest BCUT2D eigenvalue weighted by atomic mass is 19.1. The SMILES string of the molecule is CC(=O)c1c(F)cccc1N1CCN(C2CC2)CC1. The monoisotopic (exact) mass is 262 g/mol. The molecule has 2 aliphatic rings. The second-order valence-corrected chi connectivity index (χ2v) is 5.44. The van der Waals surface area contributed by atoms with Crippen molar-refractivity contribution in [3.63, 3.8) is 0 Å². The number of piperazine rings is 1. The van der Waals surface area contributed by atoms with Crippen LogP contribution in [0.2, 0.25) is 0 Å². The van der Waals surface area contributed by atoms with E-state index in [1.54, 1.807) is 6.07 Å². The average Bonchev–Trinajstić information content (AvgIpc) is 3.22. The molecule has 1 saturated carbocycles. The maximum absolute atomic E-state index is 13.8. The van der Waals surface area contributed by atoms with Crippen molar-refractivity contribution in [2.24, 2.45) is 0 Å². The number of hydrogen-bond acceptors (Lipinski definition) is 3. The summed E-state index contributed by atoms with van der Waals surface area (Å²) in [5, 5.41) is 0. The van der Waals surface area contributed by atoms with Gasteiger partial charge in [-0.25, -0.2) is 4.39 Å². The van der Waals surface area contributed by atoms with Gasteiger partial charge in [-0.2, -0.15) is 0 Å². The van der Waals surface area contributed by atoms with Crippen LogP contribution in [0.25, 0.3) is 0 Å². The van der Waals surface area contributed by atoms with Gasteiger partial charge in [0.2, 0.25) is 0 Å². The molecule has 3 nitrogen and oxygen atoms in total. The average molecular weight is 262 g/mol. The summed E-state index contributed by atoms with van der Waals surface area (Å²) < 4.78 is 13.8. The van der Waals surface area contributed by atoms with Crippen molar-refractivity contribution in [3.8, 4) is 0 Å². The number of ketones is 1. The first kappa shape index (κ1) is 12.6. The molecule has 0 radical (unpaired) electrons. The fraction of sp³-hybridized carbons (Fsp3) is 0.533. The van der Waals surface area contributed by atoms with Crippen molar-refractivity contribution < 1.29 is 9.18 Å². The topological polar surface area (TPSA) is 23.6 Å². The molecule has 0 amide bonds. The molecule has 1 aromatic carbocycles. The van der Waals surface area contributed by atoms with Crippen LogP contribution < -0.4 is 4.90 Å². The summed E-state index contributed by atoms with van der Waals surface area (Å²) in [7, 11) is 0. The van der Waals surface area contributed by atoms with Crippen LogP contribution in [0.15, 0.2) is 18.2 Å². The van der Waals surface area contributed by atoms with E-state index >= 15 is 0 Å². The predicted molar refractivity (Wildman–Crippen MR) is 73.2 cm³/mol. The quantitative estimate of drug-likeness (QED) is 0.781. The molecule has 1 aliphatic carbocycles. The molecule has 0 spiro atoms. The molecule has 1 heterocycles. The number of nitrogens with zero attached hydrogens (tertiary/aromatic N) is 2. The molecular formula is C15H19FN2O. The summed E-state index contributed by atoms with van der Waals surface area (Å²) in [6, 6.07) is 5.68. The van der Waals surface area contributed by atoms with E-state index in [0.717, 1.165) is 37.9 Å². The van der Waals surface area contributed by atoms with Crippen molar-refractivity contribution in [1.82, 2.24) is 4.90 Å². The molecular weight excluding hydrogens is 243 g/mol. The van der Waals surface area contributed by atoms with Crippen LogP contribution in [-0.2, 0) is 0 Å². The molecule has 0 N–H and O–H groups in total. The predicted octanol–water partition coefficient (Wildman–Crippen LogP) is 2.31. The molecule has 102 valence electrons. The molecule has 0 atom stereocenters. The van der Waals surface area contributed by atoms with Gasteiger partial charge in [-0.3, -0.25) is 9.69 Å². The maximum atomic E-state index is 13.8. The van der Waals surface area contributed by atoms with Gasteiger partial charge in [0.25, 0.3) is 0 Å². The van der Waals surface area contributed by atoms with Crippen molar-refractivity contribution in [2.45, 2.75) is 25.8 Å². The van der Waals surface area contributed by atoms with E-state index in [2.05, 4.69) is 9.80 Å². The number of anilines is 1. The van der Waals surface area contributed by atoms with E-state index in [1.807, 2.05) is 6.07 Å².